The predicted molar refractivity (Wildman–Crippen MR) is 33.0 cm³/mol. The molecule has 0 aliphatic rings. The van der Waals surface area contributed by atoms with Crippen LogP contribution in [0.2, 0.25) is 0 Å². The summed E-state index contributed by atoms with van der Waals surface area (Å²) in [5.41, 5.74) is 5.01. The van der Waals surface area contributed by atoms with E-state index in [9.17, 15) is 0 Å². The minimum Gasteiger partial charge on any atom is -0.485 e. The maximum absolute atomic E-state index is 5.01. The van der Waals surface area contributed by atoms with E-state index in [1.165, 1.54) is 6.26 Å². The van der Waals surface area contributed by atoms with Gasteiger partial charge in [0.1, 0.15) is 13.0 Å². The molecule has 8 heavy (non-hydrogen) atoms. The Morgan fingerprint density at radius 1 is 1.75 bits per heavy atom. The largest absolute Gasteiger partial charge is 0.485 e. The molecule has 0 spiro atoms. The van der Waals surface area contributed by atoms with Gasteiger partial charge in [0.15, 0.2) is 0 Å². The van der Waals surface area contributed by atoms with Gasteiger partial charge >= 0.3 is 0 Å². The third-order valence-electron chi connectivity index (χ3n) is 0.582. The van der Waals surface area contributed by atoms with Crippen molar-refractivity contribution >= 4 is 0 Å². The summed E-state index contributed by atoms with van der Waals surface area (Å²) in [6.07, 6.45) is 3.25. The van der Waals surface area contributed by atoms with Crippen LogP contribution >= 0.6 is 0 Å². The lowest BCUT2D eigenvalue weighted by molar-refractivity contribution is 0.258. The molecule has 0 amide bonds. The Hall–Kier alpha value is -0.700. The molecule has 0 fully saturated rings. The quantitative estimate of drug-likeness (QED) is 0.401. The zero-order valence-corrected chi connectivity index (χ0v) is 5.05. The molecule has 48 valence electrons. The summed E-state index contributed by atoms with van der Waals surface area (Å²) in [4.78, 5) is 0. The van der Waals surface area contributed by atoms with Crippen molar-refractivity contribution < 1.29 is 4.74 Å². The van der Waals surface area contributed by atoms with Gasteiger partial charge in [-0.2, -0.15) is 0 Å². The summed E-state index contributed by atoms with van der Waals surface area (Å²) in [6, 6.07) is 0. The minimum absolute atomic E-state index is 0.238. The maximum Gasteiger partial charge on any atom is 0.136 e. The first-order valence-electron chi connectivity index (χ1n) is 2.62. The van der Waals surface area contributed by atoms with Crippen LogP contribution in [0, 0.1) is 0 Å². The zero-order chi connectivity index (χ0) is 6.24. The summed E-state index contributed by atoms with van der Waals surface area (Å²) in [5.74, 6) is 0. The van der Waals surface area contributed by atoms with Crippen LogP contribution in [-0.4, -0.2) is 13.3 Å². The lowest BCUT2D eigenvalue weighted by Crippen LogP contribution is -2.04. The van der Waals surface area contributed by atoms with Gasteiger partial charge in [-0.25, -0.2) is 0 Å². The summed E-state index contributed by atoms with van der Waals surface area (Å²) < 4.78 is 4.67. The molecular weight excluding hydrogens is 104 g/mol. The van der Waals surface area contributed by atoms with Gasteiger partial charge in [-0.3, -0.25) is 5.73 Å². The molecule has 0 rings (SSSR count). The Bertz CT molecular complexity index is 55.4. The van der Waals surface area contributed by atoms with E-state index in [-0.39, 0.29) is 6.73 Å². The topological polar surface area (TPSA) is 47.3 Å². The third-order valence-corrected chi connectivity index (χ3v) is 0.582. The highest BCUT2D eigenvalue weighted by molar-refractivity contribution is 4.68. The van der Waals surface area contributed by atoms with Gasteiger partial charge < -0.3 is 10.1 Å². The number of hydrogen-bond acceptors (Lipinski definition) is 3. The van der Waals surface area contributed by atoms with Crippen LogP contribution < -0.4 is 11.1 Å². The molecule has 0 bridgehead atoms. The fourth-order valence-electron chi connectivity index (χ4n) is 0.270. The molecule has 0 aromatic heterocycles. The van der Waals surface area contributed by atoms with Crippen LogP contribution in [0.3, 0.4) is 0 Å². The number of nitrogens with one attached hydrogen (secondary N) is 1. The highest BCUT2D eigenvalue weighted by Gasteiger charge is 1.66. The van der Waals surface area contributed by atoms with Gasteiger partial charge in [0.25, 0.3) is 0 Å². The van der Waals surface area contributed by atoms with E-state index in [1.807, 2.05) is 6.92 Å². The standard InChI is InChI=1S/C5H12N2O/c1-2-7-3-4-8-5-6/h3-4,7H,2,5-6H2,1H3/b4-3-. The SMILES string of the molecule is CCN/C=C\OCN. The molecule has 3 heteroatoms. The summed E-state index contributed by atoms with van der Waals surface area (Å²) in [5, 5.41) is 2.92. The smallest absolute Gasteiger partial charge is 0.136 e. The monoisotopic (exact) mass is 116 g/mol. The molecule has 0 aliphatic carbocycles. The second-order valence-electron chi connectivity index (χ2n) is 1.19. The maximum atomic E-state index is 5.01. The molecule has 0 aliphatic heterocycles. The highest BCUT2D eigenvalue weighted by Crippen LogP contribution is 1.67. The van der Waals surface area contributed by atoms with E-state index in [4.69, 9.17) is 5.73 Å². The van der Waals surface area contributed by atoms with Crippen LogP contribution in [0.25, 0.3) is 0 Å². The van der Waals surface area contributed by atoms with Crippen molar-refractivity contribution in [3.8, 4) is 0 Å². The van der Waals surface area contributed by atoms with Crippen LogP contribution in [0.15, 0.2) is 12.5 Å². The van der Waals surface area contributed by atoms with Crippen LogP contribution in [0.1, 0.15) is 6.92 Å². The van der Waals surface area contributed by atoms with Gasteiger partial charge in [-0.1, -0.05) is 0 Å². The van der Waals surface area contributed by atoms with E-state index in [0.717, 1.165) is 6.54 Å². The molecule has 0 aromatic carbocycles. The average Bonchev–Trinajstić information content (AvgIpc) is 1.81. The Kier molecular flexibility index (Phi) is 5.75. The second-order valence-corrected chi connectivity index (χ2v) is 1.19. The van der Waals surface area contributed by atoms with Gasteiger partial charge in [0.2, 0.25) is 0 Å². The molecule has 0 unspecified atom stereocenters. The van der Waals surface area contributed by atoms with Gasteiger partial charge in [-0.05, 0) is 6.92 Å². The molecule has 0 heterocycles. The van der Waals surface area contributed by atoms with Crippen LogP contribution in [0.4, 0.5) is 0 Å². The third kappa shape index (κ3) is 5.30. The van der Waals surface area contributed by atoms with Crippen LogP contribution in [-0.2, 0) is 4.74 Å². The molecule has 0 saturated carbocycles. The van der Waals surface area contributed by atoms with Crippen molar-refractivity contribution in [2.45, 2.75) is 6.92 Å². The molecule has 0 atom stereocenters. The molecule has 3 N–H and O–H groups in total. The van der Waals surface area contributed by atoms with Gasteiger partial charge in [0.05, 0.1) is 0 Å². The van der Waals surface area contributed by atoms with Crippen molar-refractivity contribution in [3.63, 3.8) is 0 Å². The van der Waals surface area contributed by atoms with Crippen LogP contribution in [0.5, 0.6) is 0 Å². The number of ether oxygens (including phenoxy) is 1. The Morgan fingerprint density at radius 3 is 3.00 bits per heavy atom. The van der Waals surface area contributed by atoms with Crippen molar-refractivity contribution in [1.29, 1.82) is 0 Å². The molecular formula is C5H12N2O. The van der Waals surface area contributed by atoms with Crippen molar-refractivity contribution in [3.05, 3.63) is 12.5 Å². The Morgan fingerprint density at radius 2 is 2.50 bits per heavy atom. The summed E-state index contributed by atoms with van der Waals surface area (Å²) in [6.45, 7) is 3.15. The van der Waals surface area contributed by atoms with Gasteiger partial charge in [-0.15, -0.1) is 0 Å². The van der Waals surface area contributed by atoms with E-state index in [2.05, 4.69) is 10.1 Å². The predicted octanol–water partition coefficient (Wildman–Crippen LogP) is -0.0001000. The fourth-order valence-corrected chi connectivity index (χ4v) is 0.270. The molecule has 0 aromatic rings. The zero-order valence-electron chi connectivity index (χ0n) is 5.05. The first-order chi connectivity index (χ1) is 3.91. The van der Waals surface area contributed by atoms with E-state index in [1.54, 1.807) is 6.20 Å². The van der Waals surface area contributed by atoms with Crippen molar-refractivity contribution in [2.75, 3.05) is 13.3 Å². The van der Waals surface area contributed by atoms with E-state index >= 15 is 0 Å². The fraction of sp³-hybridized carbons (Fsp3) is 0.600. The second kappa shape index (κ2) is 6.30. The molecule has 3 nitrogen and oxygen atoms in total. The number of nitrogens with two attached hydrogens (primary N) is 1. The molecule has 0 saturated heterocycles. The number of rotatable bonds is 4. The lowest BCUT2D eigenvalue weighted by atomic mass is 10.7. The Balaban J connectivity index is 2.83. The first-order valence-corrected chi connectivity index (χ1v) is 2.62. The summed E-state index contributed by atoms with van der Waals surface area (Å²) in [7, 11) is 0. The van der Waals surface area contributed by atoms with Crippen molar-refractivity contribution in [1.82, 2.24) is 5.32 Å². The first kappa shape index (κ1) is 7.30. The highest BCUT2D eigenvalue weighted by atomic mass is 16.5. The lowest BCUT2D eigenvalue weighted by Gasteiger charge is -1.92. The average molecular weight is 116 g/mol. The Labute approximate surface area is 49.5 Å². The normalized spacial score (nSPS) is 9.75. The number of hydrogen-bond donors (Lipinski definition) is 2. The minimum atomic E-state index is 0.238. The van der Waals surface area contributed by atoms with E-state index < -0.39 is 0 Å². The molecule has 0 radical (unpaired) electrons. The summed E-state index contributed by atoms with van der Waals surface area (Å²) >= 11 is 0. The van der Waals surface area contributed by atoms with Gasteiger partial charge in [0, 0.05) is 12.7 Å². The van der Waals surface area contributed by atoms with E-state index in [0.29, 0.717) is 0 Å². The van der Waals surface area contributed by atoms with Crippen molar-refractivity contribution in [2.24, 2.45) is 5.73 Å².